The van der Waals surface area contributed by atoms with Crippen LogP contribution >= 0.6 is 15.9 Å². The average Bonchev–Trinajstić information content (AvgIpc) is 2.40. The van der Waals surface area contributed by atoms with E-state index in [2.05, 4.69) is 26.2 Å². The molecule has 1 N–H and O–H groups in total. The van der Waals surface area contributed by atoms with E-state index in [1.807, 2.05) is 6.07 Å². The number of rotatable bonds is 4. The molecular weight excluding hydrogens is 312 g/mol. The summed E-state index contributed by atoms with van der Waals surface area (Å²) in [5, 5.41) is 13.8. The summed E-state index contributed by atoms with van der Waals surface area (Å²) >= 11 is 3.41. The molecule has 2 aromatic rings. The van der Waals surface area contributed by atoms with Crippen molar-refractivity contribution in [3.05, 3.63) is 34.9 Å². The summed E-state index contributed by atoms with van der Waals surface area (Å²) in [6.07, 6.45) is 1.21. The number of aliphatic carboxylic acids is 1. The Bertz CT molecular complexity index is 643. The maximum atomic E-state index is 11.6. The molecule has 0 unspecified atom stereocenters. The van der Waals surface area contributed by atoms with Gasteiger partial charge in [-0.2, -0.15) is 0 Å². The van der Waals surface area contributed by atoms with Crippen LogP contribution in [0.4, 0.5) is 5.69 Å². The van der Waals surface area contributed by atoms with Crippen molar-refractivity contribution >= 4 is 44.4 Å². The van der Waals surface area contributed by atoms with Gasteiger partial charge in [-0.05, 0) is 24.6 Å². The van der Waals surface area contributed by atoms with Crippen molar-refractivity contribution in [1.29, 1.82) is 0 Å². The van der Waals surface area contributed by atoms with E-state index < -0.39 is 5.97 Å². The first-order valence-electron chi connectivity index (χ1n) is 5.61. The molecule has 5 nitrogen and oxygen atoms in total. The van der Waals surface area contributed by atoms with Gasteiger partial charge < -0.3 is 15.2 Å². The maximum absolute atomic E-state index is 11.6. The minimum absolute atomic E-state index is 0.118. The molecule has 0 bridgehead atoms. The van der Waals surface area contributed by atoms with Crippen LogP contribution < -0.4 is 10.4 Å². The number of hydrogen-bond donors (Lipinski definition) is 1. The number of pyridine rings is 1. The number of nitrogens with one attached hydrogen (secondary N) is 1. The number of carbonyl (C=O) groups is 2. The number of carboxylic acids is 1. The van der Waals surface area contributed by atoms with Gasteiger partial charge in [-0.3, -0.25) is 9.78 Å². The molecule has 0 saturated carbocycles. The number of hydrogen-bond acceptors (Lipinski definition) is 4. The van der Waals surface area contributed by atoms with E-state index in [-0.39, 0.29) is 18.7 Å². The molecule has 1 heterocycles. The van der Waals surface area contributed by atoms with Crippen LogP contribution in [-0.4, -0.2) is 16.9 Å². The number of fused-ring (bicyclic) bond motifs is 1. The smallest absolute Gasteiger partial charge is 0.224 e. The van der Waals surface area contributed by atoms with Gasteiger partial charge in [-0.1, -0.05) is 22.0 Å². The molecule has 0 aliphatic carbocycles. The van der Waals surface area contributed by atoms with Crippen LogP contribution in [0.15, 0.2) is 34.9 Å². The fraction of sp³-hybridized carbons (Fsp3) is 0.154. The highest BCUT2D eigenvalue weighted by atomic mass is 79.9. The lowest BCUT2D eigenvalue weighted by atomic mass is 10.2. The molecule has 1 aromatic heterocycles. The molecule has 1 amide bonds. The van der Waals surface area contributed by atoms with Gasteiger partial charge in [-0.25, -0.2) is 0 Å². The van der Waals surface area contributed by atoms with E-state index in [1.54, 1.807) is 24.4 Å². The van der Waals surface area contributed by atoms with Crippen LogP contribution in [0.5, 0.6) is 0 Å². The Morgan fingerprint density at radius 2 is 2.05 bits per heavy atom. The number of amides is 1. The van der Waals surface area contributed by atoms with Crippen LogP contribution in [0, 0.1) is 0 Å². The summed E-state index contributed by atoms with van der Waals surface area (Å²) in [5.41, 5.74) is 1.21. The van der Waals surface area contributed by atoms with Crippen molar-refractivity contribution in [2.75, 3.05) is 5.32 Å². The Labute approximate surface area is 117 Å². The number of nitrogens with zero attached hydrogens (tertiary/aromatic N) is 1. The molecule has 0 aliphatic rings. The normalized spacial score (nSPS) is 10.4. The Kier molecular flexibility index (Phi) is 4.11. The molecule has 0 radical (unpaired) electrons. The van der Waals surface area contributed by atoms with E-state index >= 15 is 0 Å². The van der Waals surface area contributed by atoms with E-state index in [4.69, 9.17) is 0 Å². The van der Waals surface area contributed by atoms with Gasteiger partial charge in [-0.15, -0.1) is 0 Å². The average molecular weight is 322 g/mol. The molecule has 0 aliphatic heterocycles. The largest absolute Gasteiger partial charge is 0.550 e. The SMILES string of the molecule is O=C([O-])CCC(=O)Nc1ccc(Br)c2cccnc12. The minimum Gasteiger partial charge on any atom is -0.550 e. The molecule has 0 spiro atoms. The monoisotopic (exact) mass is 321 g/mol. The lowest BCUT2D eigenvalue weighted by molar-refractivity contribution is -0.305. The summed E-state index contributed by atoms with van der Waals surface area (Å²) in [5.74, 6) is -1.62. The number of carbonyl (C=O) groups excluding carboxylic acids is 2. The molecule has 2 rings (SSSR count). The van der Waals surface area contributed by atoms with Crippen LogP contribution in [0.1, 0.15) is 12.8 Å². The third-order valence-corrected chi connectivity index (χ3v) is 3.24. The Morgan fingerprint density at radius 3 is 2.79 bits per heavy atom. The predicted molar refractivity (Wildman–Crippen MR) is 72.3 cm³/mol. The van der Waals surface area contributed by atoms with Gasteiger partial charge in [0, 0.05) is 28.4 Å². The second kappa shape index (κ2) is 5.79. The standard InChI is InChI=1S/C13H11BrN2O3/c14-9-3-4-10(13-8(9)2-1-7-15-13)16-11(17)5-6-12(18)19/h1-4,7H,5-6H2,(H,16,17)(H,18,19)/p-1. The van der Waals surface area contributed by atoms with E-state index in [9.17, 15) is 14.7 Å². The first-order valence-corrected chi connectivity index (χ1v) is 6.40. The van der Waals surface area contributed by atoms with Gasteiger partial charge in [0.05, 0.1) is 11.2 Å². The lowest BCUT2D eigenvalue weighted by Gasteiger charge is -2.09. The number of carboxylic acid groups (broad SMARTS) is 1. The fourth-order valence-electron chi connectivity index (χ4n) is 1.67. The second-order valence-corrected chi connectivity index (χ2v) is 4.77. The van der Waals surface area contributed by atoms with Gasteiger partial charge in [0.2, 0.25) is 5.91 Å². The van der Waals surface area contributed by atoms with E-state index in [1.165, 1.54) is 0 Å². The third-order valence-electron chi connectivity index (χ3n) is 2.55. The molecule has 0 atom stereocenters. The Morgan fingerprint density at radius 1 is 1.26 bits per heavy atom. The zero-order valence-corrected chi connectivity index (χ0v) is 11.4. The van der Waals surface area contributed by atoms with Crippen LogP contribution in [0.3, 0.4) is 0 Å². The molecule has 1 aromatic carbocycles. The van der Waals surface area contributed by atoms with Crippen molar-refractivity contribution in [2.24, 2.45) is 0 Å². The molecule has 6 heteroatoms. The summed E-state index contributed by atoms with van der Waals surface area (Å²) in [6, 6.07) is 7.20. The van der Waals surface area contributed by atoms with Crippen molar-refractivity contribution in [3.8, 4) is 0 Å². The Balaban J connectivity index is 2.24. The van der Waals surface area contributed by atoms with E-state index in [0.29, 0.717) is 11.2 Å². The van der Waals surface area contributed by atoms with Crippen LogP contribution in [0.25, 0.3) is 10.9 Å². The fourth-order valence-corrected chi connectivity index (χ4v) is 2.12. The van der Waals surface area contributed by atoms with Crippen LogP contribution in [0.2, 0.25) is 0 Å². The van der Waals surface area contributed by atoms with Crippen LogP contribution in [-0.2, 0) is 9.59 Å². The number of halogens is 1. The molecule has 98 valence electrons. The summed E-state index contributed by atoms with van der Waals surface area (Å²) in [6.45, 7) is 0. The lowest BCUT2D eigenvalue weighted by Crippen LogP contribution is -2.24. The van der Waals surface area contributed by atoms with Gasteiger partial charge in [0.1, 0.15) is 0 Å². The zero-order chi connectivity index (χ0) is 13.8. The van der Waals surface area contributed by atoms with Gasteiger partial charge in [0.15, 0.2) is 0 Å². The number of anilines is 1. The van der Waals surface area contributed by atoms with Gasteiger partial charge in [0.25, 0.3) is 0 Å². The van der Waals surface area contributed by atoms with Crippen molar-refractivity contribution < 1.29 is 14.7 Å². The molecule has 0 fully saturated rings. The van der Waals surface area contributed by atoms with Gasteiger partial charge >= 0.3 is 0 Å². The first-order chi connectivity index (χ1) is 9.08. The molecular formula is C13H10BrN2O3-. The first kappa shape index (κ1) is 13.5. The van der Waals surface area contributed by atoms with Crippen molar-refractivity contribution in [3.63, 3.8) is 0 Å². The maximum Gasteiger partial charge on any atom is 0.224 e. The number of benzene rings is 1. The molecule has 0 saturated heterocycles. The quantitative estimate of drug-likeness (QED) is 0.924. The molecule has 19 heavy (non-hydrogen) atoms. The van der Waals surface area contributed by atoms with Crippen molar-refractivity contribution in [1.82, 2.24) is 4.98 Å². The summed E-state index contributed by atoms with van der Waals surface area (Å²) in [4.78, 5) is 26.1. The zero-order valence-electron chi connectivity index (χ0n) is 9.85. The number of aromatic nitrogens is 1. The predicted octanol–water partition coefficient (Wildman–Crippen LogP) is 1.47. The highest BCUT2D eigenvalue weighted by Crippen LogP contribution is 2.28. The Hall–Kier alpha value is -1.95. The highest BCUT2D eigenvalue weighted by Gasteiger charge is 2.08. The van der Waals surface area contributed by atoms with E-state index in [0.717, 1.165) is 9.86 Å². The summed E-state index contributed by atoms with van der Waals surface area (Å²) in [7, 11) is 0. The summed E-state index contributed by atoms with van der Waals surface area (Å²) < 4.78 is 0.878. The second-order valence-electron chi connectivity index (χ2n) is 3.91. The third kappa shape index (κ3) is 3.29. The van der Waals surface area contributed by atoms with Crippen molar-refractivity contribution in [2.45, 2.75) is 12.8 Å². The topological polar surface area (TPSA) is 82.1 Å². The highest BCUT2D eigenvalue weighted by molar-refractivity contribution is 9.10. The minimum atomic E-state index is -1.24.